The molecule has 9 nitrogen and oxygen atoms in total. The largest absolute Gasteiger partial charge is 0.494 e. The van der Waals surface area contributed by atoms with E-state index in [9.17, 15) is 9.59 Å². The molecule has 38 heavy (non-hydrogen) atoms. The molecular weight excluding hydrogens is 531 g/mol. The first-order valence-electron chi connectivity index (χ1n) is 12.9. The van der Waals surface area contributed by atoms with E-state index < -0.39 is 12.0 Å². The van der Waals surface area contributed by atoms with E-state index in [-0.39, 0.29) is 25.7 Å². The number of unbranched alkanes of at least 4 members (excludes halogenated alkanes) is 1. The number of nitrogens with one attached hydrogen (secondary N) is 2. The minimum atomic E-state index is -0.647. The number of carbonyl (C=O) groups is 2. The molecule has 4 rings (SSSR count). The Morgan fingerprint density at radius 2 is 1.95 bits per heavy atom. The van der Waals surface area contributed by atoms with Gasteiger partial charge < -0.3 is 30.1 Å². The van der Waals surface area contributed by atoms with Crippen molar-refractivity contribution in [2.45, 2.75) is 19.3 Å². The summed E-state index contributed by atoms with van der Waals surface area (Å²) in [6.07, 6.45) is 1.80. The number of alkyl carbamates (subject to hydrolysis) is 1. The fourth-order valence-corrected chi connectivity index (χ4v) is 5.04. The van der Waals surface area contributed by atoms with Gasteiger partial charge in [-0.2, -0.15) is 0 Å². The maximum absolute atomic E-state index is 12.5. The van der Waals surface area contributed by atoms with Crippen LogP contribution in [0, 0.1) is 5.92 Å². The van der Waals surface area contributed by atoms with Crippen LogP contribution in [0.25, 0.3) is 0 Å². The van der Waals surface area contributed by atoms with Crippen LogP contribution < -0.4 is 20.3 Å². The Hall–Kier alpha value is -2.72. The SMILES string of the molecule is O=C(NCCO)OCC1Cc2ccc(OCCCCN3CCN(c4cccc(Cl)c4Cl)CC3)cc2NC1=O. The minimum absolute atomic E-state index is 0.0236. The molecule has 1 atom stereocenters. The van der Waals surface area contributed by atoms with Crippen molar-refractivity contribution < 1.29 is 24.2 Å². The number of amides is 2. The molecule has 1 fully saturated rings. The molecule has 0 aliphatic carbocycles. The molecule has 2 aromatic rings. The Morgan fingerprint density at radius 3 is 2.74 bits per heavy atom. The first-order chi connectivity index (χ1) is 18.4. The van der Waals surface area contributed by atoms with Crippen LogP contribution in [-0.4, -0.2) is 81.1 Å². The van der Waals surface area contributed by atoms with Gasteiger partial charge in [-0.15, -0.1) is 0 Å². The second kappa shape index (κ2) is 13.9. The molecule has 0 saturated carbocycles. The summed E-state index contributed by atoms with van der Waals surface area (Å²) in [7, 11) is 0. The van der Waals surface area contributed by atoms with Crippen molar-refractivity contribution in [1.29, 1.82) is 0 Å². The van der Waals surface area contributed by atoms with Crippen molar-refractivity contribution in [2.24, 2.45) is 5.92 Å². The van der Waals surface area contributed by atoms with Crippen molar-refractivity contribution in [1.82, 2.24) is 10.2 Å². The number of carbonyl (C=O) groups excluding carboxylic acids is 2. The third-order valence-electron chi connectivity index (χ3n) is 6.75. The topological polar surface area (TPSA) is 103 Å². The number of hydrogen-bond donors (Lipinski definition) is 3. The average molecular weight is 565 g/mol. The highest BCUT2D eigenvalue weighted by Crippen LogP contribution is 2.33. The highest BCUT2D eigenvalue weighted by molar-refractivity contribution is 6.43. The Balaban J connectivity index is 1.14. The minimum Gasteiger partial charge on any atom is -0.494 e. The number of halogens is 2. The molecule has 0 aromatic heterocycles. The normalized spacial score (nSPS) is 17.5. The molecule has 3 N–H and O–H groups in total. The number of nitrogens with zero attached hydrogens (tertiary/aromatic N) is 2. The highest BCUT2D eigenvalue weighted by Gasteiger charge is 2.28. The van der Waals surface area contributed by atoms with E-state index in [4.69, 9.17) is 37.8 Å². The lowest BCUT2D eigenvalue weighted by molar-refractivity contribution is -0.121. The maximum Gasteiger partial charge on any atom is 0.407 e. The van der Waals surface area contributed by atoms with Gasteiger partial charge in [0.1, 0.15) is 12.4 Å². The van der Waals surface area contributed by atoms with Crippen LogP contribution in [0.5, 0.6) is 5.75 Å². The molecule has 2 aliphatic rings. The van der Waals surface area contributed by atoms with E-state index in [2.05, 4.69) is 20.4 Å². The number of hydrogen-bond acceptors (Lipinski definition) is 7. The summed E-state index contributed by atoms with van der Waals surface area (Å²) in [6.45, 7) is 5.33. The standard InChI is InChI=1S/C27H34Cl2N4O5/c28-22-4-3-5-24(25(22)29)33-12-10-32(11-13-33)9-1-2-15-37-21-7-6-19-16-20(26(35)31-23(19)17-21)18-38-27(36)30-8-14-34/h3-7,17,20,34H,1-2,8-16,18H2,(H,30,36)(H,31,35). The predicted octanol–water partition coefficient (Wildman–Crippen LogP) is 3.80. The number of rotatable bonds is 11. The van der Waals surface area contributed by atoms with E-state index in [0.29, 0.717) is 28.8 Å². The van der Waals surface area contributed by atoms with Crippen molar-refractivity contribution in [3.8, 4) is 5.75 Å². The summed E-state index contributed by atoms with van der Waals surface area (Å²) >= 11 is 12.5. The molecule has 11 heteroatoms. The van der Waals surface area contributed by atoms with E-state index >= 15 is 0 Å². The molecule has 0 spiro atoms. The summed E-state index contributed by atoms with van der Waals surface area (Å²) < 4.78 is 11.0. The van der Waals surface area contributed by atoms with E-state index in [1.807, 2.05) is 36.4 Å². The van der Waals surface area contributed by atoms with Gasteiger partial charge >= 0.3 is 6.09 Å². The zero-order valence-corrected chi connectivity index (χ0v) is 22.8. The number of ether oxygens (including phenoxy) is 2. The Morgan fingerprint density at radius 1 is 1.13 bits per heavy atom. The van der Waals surface area contributed by atoms with Gasteiger partial charge in [-0.25, -0.2) is 4.79 Å². The molecule has 1 saturated heterocycles. The van der Waals surface area contributed by atoms with Crippen LogP contribution in [0.1, 0.15) is 18.4 Å². The number of fused-ring (bicyclic) bond motifs is 1. The van der Waals surface area contributed by atoms with Crippen LogP contribution in [0.15, 0.2) is 36.4 Å². The third-order valence-corrected chi connectivity index (χ3v) is 7.56. The number of piperazine rings is 1. The zero-order valence-electron chi connectivity index (χ0n) is 21.3. The Bertz CT molecular complexity index is 1110. The Kier molecular flexibility index (Phi) is 10.3. The summed E-state index contributed by atoms with van der Waals surface area (Å²) in [5.41, 5.74) is 2.70. The molecule has 206 valence electrons. The van der Waals surface area contributed by atoms with E-state index in [1.54, 1.807) is 0 Å². The highest BCUT2D eigenvalue weighted by atomic mass is 35.5. The first-order valence-corrected chi connectivity index (χ1v) is 13.7. The summed E-state index contributed by atoms with van der Waals surface area (Å²) in [5, 5.41) is 15.2. The molecule has 2 heterocycles. The lowest BCUT2D eigenvalue weighted by Gasteiger charge is -2.36. The second-order valence-electron chi connectivity index (χ2n) is 9.42. The van der Waals surface area contributed by atoms with Gasteiger partial charge in [-0.3, -0.25) is 9.69 Å². The van der Waals surface area contributed by atoms with Gasteiger partial charge in [0.2, 0.25) is 5.91 Å². The third kappa shape index (κ3) is 7.66. The lowest BCUT2D eigenvalue weighted by atomic mass is 9.94. The monoisotopic (exact) mass is 564 g/mol. The predicted molar refractivity (Wildman–Crippen MR) is 149 cm³/mol. The molecule has 1 unspecified atom stereocenters. The average Bonchev–Trinajstić information content (AvgIpc) is 2.92. The van der Waals surface area contributed by atoms with Crippen LogP contribution in [0.2, 0.25) is 10.0 Å². The molecule has 2 aliphatic heterocycles. The zero-order chi connectivity index (χ0) is 26.9. The Labute approximate surface area is 233 Å². The summed E-state index contributed by atoms with van der Waals surface area (Å²) in [4.78, 5) is 28.8. The van der Waals surface area contributed by atoms with Gasteiger partial charge in [0.05, 0.1) is 34.9 Å². The lowest BCUT2D eigenvalue weighted by Crippen LogP contribution is -2.46. The van der Waals surface area contributed by atoms with Gasteiger partial charge in [-0.05, 0) is 49.6 Å². The van der Waals surface area contributed by atoms with E-state index in [0.717, 1.165) is 62.5 Å². The number of benzene rings is 2. The fourth-order valence-electron chi connectivity index (χ4n) is 4.63. The van der Waals surface area contributed by atoms with Crippen LogP contribution >= 0.6 is 23.2 Å². The fraction of sp³-hybridized carbons (Fsp3) is 0.481. The van der Waals surface area contributed by atoms with Crippen molar-refractivity contribution in [3.63, 3.8) is 0 Å². The molecule has 2 amide bonds. The van der Waals surface area contributed by atoms with Gasteiger partial charge in [0.15, 0.2) is 0 Å². The van der Waals surface area contributed by atoms with Gasteiger partial charge in [0, 0.05) is 44.5 Å². The van der Waals surface area contributed by atoms with E-state index in [1.165, 1.54) is 0 Å². The van der Waals surface area contributed by atoms with Crippen LogP contribution in [0.4, 0.5) is 16.2 Å². The number of anilines is 2. The maximum atomic E-state index is 12.5. The second-order valence-corrected chi connectivity index (χ2v) is 10.2. The van der Waals surface area contributed by atoms with Crippen molar-refractivity contribution in [3.05, 3.63) is 52.0 Å². The summed E-state index contributed by atoms with van der Waals surface area (Å²) in [5.74, 6) is 0.0648. The van der Waals surface area contributed by atoms with Crippen molar-refractivity contribution >= 4 is 46.6 Å². The van der Waals surface area contributed by atoms with Crippen LogP contribution in [-0.2, 0) is 16.0 Å². The first kappa shape index (κ1) is 28.3. The number of aliphatic hydroxyl groups is 1. The van der Waals surface area contributed by atoms with Gasteiger partial charge in [0.25, 0.3) is 0 Å². The quantitative estimate of drug-likeness (QED) is 0.356. The summed E-state index contributed by atoms with van der Waals surface area (Å²) in [6, 6.07) is 11.4. The molecular formula is C27H34Cl2N4O5. The van der Waals surface area contributed by atoms with Crippen LogP contribution in [0.3, 0.4) is 0 Å². The molecule has 0 radical (unpaired) electrons. The molecule has 2 aromatic carbocycles. The molecule has 0 bridgehead atoms. The van der Waals surface area contributed by atoms with Gasteiger partial charge in [-0.1, -0.05) is 35.3 Å². The smallest absolute Gasteiger partial charge is 0.407 e. The number of aliphatic hydroxyl groups excluding tert-OH is 1. The van der Waals surface area contributed by atoms with Crippen molar-refractivity contribution in [2.75, 3.05) is 69.3 Å².